The number of piperazine rings is 1. The van der Waals surface area contributed by atoms with Crippen molar-refractivity contribution in [1.29, 1.82) is 0 Å². The van der Waals surface area contributed by atoms with Crippen molar-refractivity contribution in [3.05, 3.63) is 52.6 Å². The highest BCUT2D eigenvalue weighted by Gasteiger charge is 2.19. The Labute approximate surface area is 181 Å². The minimum Gasteiger partial charge on any atom is -0.374 e. The van der Waals surface area contributed by atoms with Gasteiger partial charge in [-0.25, -0.2) is 9.59 Å². The van der Waals surface area contributed by atoms with Crippen molar-refractivity contribution >= 4 is 11.8 Å². The lowest BCUT2D eigenvalue weighted by atomic mass is 10.1. The average molecular weight is 428 g/mol. The van der Waals surface area contributed by atoms with Gasteiger partial charge in [-0.05, 0) is 23.8 Å². The minimum absolute atomic E-state index is 0.0864. The minimum atomic E-state index is -0.440. The van der Waals surface area contributed by atoms with Crippen LogP contribution in [0.5, 0.6) is 0 Å². The SMILES string of the molecule is NCC1CN(Cc2ccc(-n3ccc(NC(=O)N4CCNCC4)nc3=O)cc2)CCO1. The molecule has 2 aliphatic rings. The van der Waals surface area contributed by atoms with E-state index in [1.54, 1.807) is 17.2 Å². The van der Waals surface area contributed by atoms with E-state index < -0.39 is 5.69 Å². The van der Waals surface area contributed by atoms with Crippen molar-refractivity contribution in [2.45, 2.75) is 12.6 Å². The molecule has 166 valence electrons. The lowest BCUT2D eigenvalue weighted by Crippen LogP contribution is -2.48. The van der Waals surface area contributed by atoms with E-state index in [9.17, 15) is 9.59 Å². The Morgan fingerprint density at radius 1 is 1.19 bits per heavy atom. The van der Waals surface area contributed by atoms with Crippen molar-refractivity contribution in [2.75, 3.05) is 57.7 Å². The van der Waals surface area contributed by atoms with E-state index in [-0.39, 0.29) is 18.0 Å². The van der Waals surface area contributed by atoms with Gasteiger partial charge in [0, 0.05) is 58.6 Å². The molecular weight excluding hydrogens is 398 g/mol. The van der Waals surface area contributed by atoms with Gasteiger partial charge in [-0.3, -0.25) is 14.8 Å². The maximum Gasteiger partial charge on any atom is 0.354 e. The Hall–Kier alpha value is -2.79. The normalized spacial score (nSPS) is 19.9. The summed E-state index contributed by atoms with van der Waals surface area (Å²) >= 11 is 0. The molecule has 2 amide bonds. The summed E-state index contributed by atoms with van der Waals surface area (Å²) in [6.45, 7) is 6.51. The number of anilines is 1. The number of hydrogen-bond donors (Lipinski definition) is 3. The van der Waals surface area contributed by atoms with Crippen LogP contribution in [0.4, 0.5) is 10.6 Å². The van der Waals surface area contributed by atoms with E-state index in [2.05, 4.69) is 20.5 Å². The standard InChI is InChI=1S/C21H29N7O3/c22-13-18-15-26(11-12-31-18)14-16-1-3-17(4-2-16)28-8-5-19(25-21(28)30)24-20(29)27-9-6-23-7-10-27/h1-5,8,18,23H,6-7,9-15,22H2,(H,24,25,29,30). The van der Waals surface area contributed by atoms with Crippen LogP contribution in [0.3, 0.4) is 0 Å². The number of urea groups is 1. The van der Waals surface area contributed by atoms with Crippen molar-refractivity contribution in [2.24, 2.45) is 5.73 Å². The summed E-state index contributed by atoms with van der Waals surface area (Å²) in [6, 6.07) is 9.21. The van der Waals surface area contributed by atoms with Gasteiger partial charge in [0.15, 0.2) is 0 Å². The van der Waals surface area contributed by atoms with Gasteiger partial charge >= 0.3 is 11.7 Å². The van der Waals surface area contributed by atoms with Crippen LogP contribution >= 0.6 is 0 Å². The maximum absolute atomic E-state index is 12.5. The van der Waals surface area contributed by atoms with Gasteiger partial charge in [0.1, 0.15) is 5.82 Å². The van der Waals surface area contributed by atoms with Crippen molar-refractivity contribution in [3.63, 3.8) is 0 Å². The largest absolute Gasteiger partial charge is 0.374 e. The van der Waals surface area contributed by atoms with E-state index in [0.29, 0.717) is 26.2 Å². The molecule has 4 N–H and O–H groups in total. The number of rotatable bonds is 5. The Balaban J connectivity index is 1.39. The molecule has 1 aromatic carbocycles. The summed E-state index contributed by atoms with van der Waals surface area (Å²) in [6.07, 6.45) is 1.72. The van der Waals surface area contributed by atoms with Crippen LogP contribution in [0.15, 0.2) is 41.3 Å². The van der Waals surface area contributed by atoms with Crippen molar-refractivity contribution in [1.82, 2.24) is 24.7 Å². The van der Waals surface area contributed by atoms with Crippen molar-refractivity contribution in [3.8, 4) is 5.69 Å². The van der Waals surface area contributed by atoms with Crippen LogP contribution in [0.1, 0.15) is 5.56 Å². The number of nitrogens with two attached hydrogens (primary N) is 1. The Morgan fingerprint density at radius 2 is 1.97 bits per heavy atom. The molecule has 0 saturated carbocycles. The Bertz CT molecular complexity index is 941. The second kappa shape index (κ2) is 10.0. The molecule has 0 aliphatic carbocycles. The molecule has 1 unspecified atom stereocenters. The first kappa shape index (κ1) is 21.4. The summed E-state index contributed by atoms with van der Waals surface area (Å²) < 4.78 is 7.07. The Morgan fingerprint density at radius 3 is 2.68 bits per heavy atom. The molecule has 0 bridgehead atoms. The van der Waals surface area contributed by atoms with E-state index in [0.717, 1.165) is 44.0 Å². The fourth-order valence-corrected chi connectivity index (χ4v) is 3.81. The second-order valence-corrected chi connectivity index (χ2v) is 7.76. The van der Waals surface area contributed by atoms with Gasteiger partial charge in [0.05, 0.1) is 18.4 Å². The molecule has 31 heavy (non-hydrogen) atoms. The van der Waals surface area contributed by atoms with Crippen molar-refractivity contribution < 1.29 is 9.53 Å². The maximum atomic E-state index is 12.5. The van der Waals surface area contributed by atoms with Gasteiger partial charge in [0.25, 0.3) is 0 Å². The highest BCUT2D eigenvalue weighted by molar-refractivity contribution is 5.88. The van der Waals surface area contributed by atoms with E-state index >= 15 is 0 Å². The topological polar surface area (TPSA) is 118 Å². The molecule has 2 aromatic rings. The van der Waals surface area contributed by atoms with Crippen LogP contribution in [0.2, 0.25) is 0 Å². The predicted octanol–water partition coefficient (Wildman–Crippen LogP) is -0.171. The first-order valence-corrected chi connectivity index (χ1v) is 10.6. The summed E-state index contributed by atoms with van der Waals surface area (Å²) in [7, 11) is 0. The molecule has 4 rings (SSSR count). The van der Waals surface area contributed by atoms with E-state index in [1.807, 2.05) is 24.3 Å². The van der Waals surface area contributed by atoms with Gasteiger partial charge in [0.2, 0.25) is 0 Å². The third-order valence-corrected chi connectivity index (χ3v) is 5.55. The first-order valence-electron chi connectivity index (χ1n) is 10.6. The zero-order valence-electron chi connectivity index (χ0n) is 17.5. The molecular formula is C21H29N7O3. The number of nitrogens with zero attached hydrogens (tertiary/aromatic N) is 4. The van der Waals surface area contributed by atoms with Gasteiger partial charge in [-0.15, -0.1) is 0 Å². The molecule has 1 atom stereocenters. The van der Waals surface area contributed by atoms with Gasteiger partial charge in [-0.1, -0.05) is 12.1 Å². The molecule has 10 heteroatoms. The molecule has 3 heterocycles. The molecule has 0 spiro atoms. The highest BCUT2D eigenvalue weighted by Crippen LogP contribution is 2.13. The monoisotopic (exact) mass is 427 g/mol. The highest BCUT2D eigenvalue weighted by atomic mass is 16.5. The van der Waals surface area contributed by atoms with Crippen LogP contribution in [0, 0.1) is 0 Å². The van der Waals surface area contributed by atoms with E-state index in [4.69, 9.17) is 10.5 Å². The molecule has 2 aliphatic heterocycles. The Kier molecular flexibility index (Phi) is 6.92. The number of carbonyl (C=O) groups is 1. The number of ether oxygens (including phenoxy) is 1. The lowest BCUT2D eigenvalue weighted by Gasteiger charge is -2.32. The number of nitrogens with one attached hydrogen (secondary N) is 2. The summed E-state index contributed by atoms with van der Waals surface area (Å²) in [4.78, 5) is 32.8. The first-order chi connectivity index (χ1) is 15.1. The van der Waals surface area contributed by atoms with Crippen LogP contribution < -0.4 is 22.1 Å². The molecule has 10 nitrogen and oxygen atoms in total. The molecule has 0 radical (unpaired) electrons. The molecule has 2 fully saturated rings. The zero-order valence-corrected chi connectivity index (χ0v) is 17.5. The quantitative estimate of drug-likeness (QED) is 0.606. The summed E-state index contributed by atoms with van der Waals surface area (Å²) in [5.74, 6) is 0.253. The third-order valence-electron chi connectivity index (χ3n) is 5.55. The van der Waals surface area contributed by atoms with Crippen LogP contribution in [0.25, 0.3) is 5.69 Å². The number of hydrogen-bond acceptors (Lipinski definition) is 7. The third kappa shape index (κ3) is 5.47. The summed E-state index contributed by atoms with van der Waals surface area (Å²) in [5.41, 5.74) is 7.15. The number of morpholine rings is 1. The number of benzene rings is 1. The number of amides is 2. The smallest absolute Gasteiger partial charge is 0.354 e. The predicted molar refractivity (Wildman–Crippen MR) is 117 cm³/mol. The van der Waals surface area contributed by atoms with Gasteiger partial charge < -0.3 is 20.7 Å². The van der Waals surface area contributed by atoms with E-state index in [1.165, 1.54) is 4.57 Å². The number of carbonyl (C=O) groups excluding carboxylic acids is 1. The molecule has 2 saturated heterocycles. The molecule has 1 aromatic heterocycles. The second-order valence-electron chi connectivity index (χ2n) is 7.76. The average Bonchev–Trinajstić information content (AvgIpc) is 2.80. The van der Waals surface area contributed by atoms with Gasteiger partial charge in [-0.2, -0.15) is 4.98 Å². The fourth-order valence-electron chi connectivity index (χ4n) is 3.81. The van der Waals surface area contributed by atoms with Crippen LogP contribution in [-0.2, 0) is 11.3 Å². The zero-order chi connectivity index (χ0) is 21.6. The summed E-state index contributed by atoms with van der Waals surface area (Å²) in [5, 5.41) is 5.90. The number of aromatic nitrogens is 2. The fraction of sp³-hybridized carbons (Fsp3) is 0.476. The lowest BCUT2D eigenvalue weighted by molar-refractivity contribution is -0.0260. The van der Waals surface area contributed by atoms with Crippen LogP contribution in [-0.4, -0.2) is 83.9 Å².